The molecule has 0 fully saturated rings. The predicted molar refractivity (Wildman–Crippen MR) is 75.2 cm³/mol. The van der Waals surface area contributed by atoms with Gasteiger partial charge in [-0.15, -0.1) is 0 Å². The number of aliphatic hydroxyl groups excluding tert-OH is 1. The molecule has 0 aliphatic heterocycles. The van der Waals surface area contributed by atoms with Crippen molar-refractivity contribution in [3.63, 3.8) is 0 Å². The van der Waals surface area contributed by atoms with E-state index in [-0.39, 0.29) is 12.1 Å². The van der Waals surface area contributed by atoms with Crippen molar-refractivity contribution < 1.29 is 9.84 Å². The van der Waals surface area contributed by atoms with Crippen LogP contribution >= 0.6 is 0 Å². The second-order valence-electron chi connectivity index (χ2n) is 5.18. The fraction of sp³-hybridized carbons (Fsp3) is 0.600. The summed E-state index contributed by atoms with van der Waals surface area (Å²) in [4.78, 5) is 0. The molecule has 102 valence electrons. The first-order chi connectivity index (χ1) is 8.50. The summed E-state index contributed by atoms with van der Waals surface area (Å²) >= 11 is 0. The molecule has 1 unspecified atom stereocenters. The van der Waals surface area contributed by atoms with E-state index in [1.54, 1.807) is 0 Å². The van der Waals surface area contributed by atoms with Crippen LogP contribution in [0.25, 0.3) is 0 Å². The number of ether oxygens (including phenoxy) is 1. The van der Waals surface area contributed by atoms with Crippen LogP contribution in [0, 0.1) is 13.8 Å². The number of aryl methyl sites for hydroxylation is 2. The van der Waals surface area contributed by atoms with Gasteiger partial charge in [0.05, 0.1) is 12.1 Å². The number of rotatable bonds is 7. The van der Waals surface area contributed by atoms with Crippen molar-refractivity contribution >= 4 is 0 Å². The highest BCUT2D eigenvalue weighted by Crippen LogP contribution is 2.17. The molecule has 0 aliphatic carbocycles. The van der Waals surface area contributed by atoms with E-state index in [4.69, 9.17) is 4.74 Å². The molecule has 1 aromatic rings. The second-order valence-corrected chi connectivity index (χ2v) is 5.18. The maximum atomic E-state index is 9.45. The van der Waals surface area contributed by atoms with Gasteiger partial charge in [0.2, 0.25) is 0 Å². The molecular formula is C15H25NO2. The molecule has 1 atom stereocenters. The van der Waals surface area contributed by atoms with Crippen molar-refractivity contribution in [2.24, 2.45) is 0 Å². The Hall–Kier alpha value is -1.06. The van der Waals surface area contributed by atoms with Crippen molar-refractivity contribution in [1.29, 1.82) is 0 Å². The topological polar surface area (TPSA) is 41.5 Å². The highest BCUT2D eigenvalue weighted by atomic mass is 16.5. The summed E-state index contributed by atoms with van der Waals surface area (Å²) in [5.74, 6) is 0.857. The zero-order chi connectivity index (χ0) is 13.6. The van der Waals surface area contributed by atoms with Crippen LogP contribution in [-0.2, 0) is 0 Å². The fourth-order valence-corrected chi connectivity index (χ4v) is 1.63. The summed E-state index contributed by atoms with van der Waals surface area (Å²) in [6, 6.07) is 6.06. The fourth-order valence-electron chi connectivity index (χ4n) is 1.63. The van der Waals surface area contributed by atoms with Crippen molar-refractivity contribution in [2.45, 2.75) is 39.7 Å². The van der Waals surface area contributed by atoms with Crippen LogP contribution in [0.4, 0.5) is 0 Å². The number of nitrogens with one attached hydrogen (secondary N) is 1. The number of hydrogen-bond acceptors (Lipinski definition) is 3. The Bertz CT molecular complexity index is 379. The van der Waals surface area contributed by atoms with Crippen molar-refractivity contribution in [3.05, 3.63) is 29.3 Å². The van der Waals surface area contributed by atoms with Crippen LogP contribution in [0.5, 0.6) is 5.75 Å². The SMILES string of the molecule is CCCNC(C)(CO)COc1ccc(C)c(C)c1. The molecule has 0 radical (unpaired) electrons. The molecule has 3 heteroatoms. The van der Waals surface area contributed by atoms with E-state index in [1.807, 2.05) is 19.1 Å². The Kier molecular flexibility index (Phi) is 5.63. The predicted octanol–water partition coefficient (Wildman–Crippen LogP) is 2.43. The lowest BCUT2D eigenvalue weighted by Crippen LogP contribution is -2.50. The van der Waals surface area contributed by atoms with Gasteiger partial charge < -0.3 is 15.2 Å². The van der Waals surface area contributed by atoms with E-state index in [1.165, 1.54) is 11.1 Å². The molecule has 0 spiro atoms. The van der Waals surface area contributed by atoms with Crippen LogP contribution in [0.3, 0.4) is 0 Å². The quantitative estimate of drug-likeness (QED) is 0.782. The molecule has 0 heterocycles. The maximum absolute atomic E-state index is 9.45. The first-order valence-electron chi connectivity index (χ1n) is 6.56. The van der Waals surface area contributed by atoms with E-state index in [0.29, 0.717) is 6.61 Å². The van der Waals surface area contributed by atoms with Crippen LogP contribution < -0.4 is 10.1 Å². The molecule has 0 aromatic heterocycles. The smallest absolute Gasteiger partial charge is 0.119 e. The molecule has 2 N–H and O–H groups in total. The Morgan fingerprint density at radius 1 is 1.28 bits per heavy atom. The Morgan fingerprint density at radius 3 is 2.56 bits per heavy atom. The zero-order valence-electron chi connectivity index (χ0n) is 11.9. The normalized spacial score (nSPS) is 14.3. The van der Waals surface area contributed by atoms with Crippen LogP contribution in [0.15, 0.2) is 18.2 Å². The molecule has 0 bridgehead atoms. The summed E-state index contributed by atoms with van der Waals surface area (Å²) in [6.07, 6.45) is 1.04. The lowest BCUT2D eigenvalue weighted by Gasteiger charge is -2.28. The van der Waals surface area contributed by atoms with Gasteiger partial charge in [-0.25, -0.2) is 0 Å². The van der Waals surface area contributed by atoms with Gasteiger partial charge in [0.25, 0.3) is 0 Å². The monoisotopic (exact) mass is 251 g/mol. The third kappa shape index (κ3) is 4.31. The van der Waals surface area contributed by atoms with E-state index < -0.39 is 0 Å². The molecule has 0 saturated heterocycles. The molecule has 1 aromatic carbocycles. The van der Waals surface area contributed by atoms with Gasteiger partial charge in [-0.3, -0.25) is 0 Å². The molecule has 0 aliphatic rings. The van der Waals surface area contributed by atoms with Crippen molar-refractivity contribution in [2.75, 3.05) is 19.8 Å². The average Bonchev–Trinajstić information content (AvgIpc) is 2.38. The third-order valence-corrected chi connectivity index (χ3v) is 3.19. The molecule has 0 saturated carbocycles. The number of aliphatic hydroxyl groups is 1. The molecule has 18 heavy (non-hydrogen) atoms. The van der Waals surface area contributed by atoms with Crippen LogP contribution in [-0.4, -0.2) is 30.4 Å². The lowest BCUT2D eigenvalue weighted by molar-refractivity contribution is 0.116. The van der Waals surface area contributed by atoms with Crippen molar-refractivity contribution in [1.82, 2.24) is 5.32 Å². The van der Waals surface area contributed by atoms with Crippen molar-refractivity contribution in [3.8, 4) is 5.75 Å². The number of benzene rings is 1. The molecule has 3 nitrogen and oxygen atoms in total. The minimum Gasteiger partial charge on any atom is -0.492 e. The van der Waals surface area contributed by atoms with E-state index >= 15 is 0 Å². The highest BCUT2D eigenvalue weighted by molar-refractivity contribution is 5.33. The minimum absolute atomic E-state index is 0.0673. The lowest BCUT2D eigenvalue weighted by atomic mass is 10.1. The third-order valence-electron chi connectivity index (χ3n) is 3.19. The van der Waals surface area contributed by atoms with E-state index in [0.717, 1.165) is 18.7 Å². The first-order valence-corrected chi connectivity index (χ1v) is 6.56. The van der Waals surface area contributed by atoms with E-state index in [2.05, 4.69) is 32.2 Å². The van der Waals surface area contributed by atoms with Crippen LogP contribution in [0.1, 0.15) is 31.4 Å². The zero-order valence-corrected chi connectivity index (χ0v) is 11.9. The largest absolute Gasteiger partial charge is 0.492 e. The Labute approximate surface area is 110 Å². The van der Waals surface area contributed by atoms with Gasteiger partial charge in [0, 0.05) is 0 Å². The number of hydrogen-bond donors (Lipinski definition) is 2. The van der Waals surface area contributed by atoms with Gasteiger partial charge in [0.15, 0.2) is 0 Å². The first kappa shape index (κ1) is 15.0. The Balaban J connectivity index is 2.58. The maximum Gasteiger partial charge on any atom is 0.119 e. The summed E-state index contributed by atoms with van der Waals surface area (Å²) in [6.45, 7) is 9.65. The van der Waals surface area contributed by atoms with Gasteiger partial charge in [0.1, 0.15) is 12.4 Å². The summed E-state index contributed by atoms with van der Waals surface area (Å²) in [5.41, 5.74) is 2.10. The van der Waals surface area contributed by atoms with E-state index in [9.17, 15) is 5.11 Å². The minimum atomic E-state index is -0.380. The second kappa shape index (κ2) is 6.76. The van der Waals surface area contributed by atoms with Crippen LogP contribution in [0.2, 0.25) is 0 Å². The summed E-state index contributed by atoms with van der Waals surface area (Å²) < 4.78 is 5.77. The van der Waals surface area contributed by atoms with Gasteiger partial charge in [-0.1, -0.05) is 13.0 Å². The summed E-state index contributed by atoms with van der Waals surface area (Å²) in [5, 5.41) is 12.8. The average molecular weight is 251 g/mol. The van der Waals surface area contributed by atoms with Gasteiger partial charge in [-0.2, -0.15) is 0 Å². The highest BCUT2D eigenvalue weighted by Gasteiger charge is 2.23. The molecular weight excluding hydrogens is 226 g/mol. The van der Waals surface area contributed by atoms with Gasteiger partial charge in [-0.05, 0) is 57.0 Å². The standard InChI is InChI=1S/C15H25NO2/c1-5-8-16-15(4,10-17)11-18-14-7-6-12(2)13(3)9-14/h6-7,9,16-17H,5,8,10-11H2,1-4H3. The summed E-state index contributed by atoms with van der Waals surface area (Å²) in [7, 11) is 0. The molecule has 0 amide bonds. The molecule has 1 rings (SSSR count). The van der Waals surface area contributed by atoms with Gasteiger partial charge >= 0.3 is 0 Å². The Morgan fingerprint density at radius 2 is 2.00 bits per heavy atom.